The van der Waals surface area contributed by atoms with Gasteiger partial charge in [0.25, 0.3) is 5.56 Å². The van der Waals surface area contributed by atoms with E-state index in [0.29, 0.717) is 22.2 Å². The van der Waals surface area contributed by atoms with Crippen molar-refractivity contribution in [3.8, 4) is 5.69 Å². The van der Waals surface area contributed by atoms with E-state index in [1.54, 1.807) is 36.1 Å². The number of hydrogen-bond donors (Lipinski definition) is 0. The van der Waals surface area contributed by atoms with Crippen molar-refractivity contribution in [2.45, 2.75) is 32.0 Å². The van der Waals surface area contributed by atoms with E-state index in [2.05, 4.69) is 15.1 Å². The summed E-state index contributed by atoms with van der Waals surface area (Å²) < 4.78 is 42.8. The molecule has 6 nitrogen and oxygen atoms in total. The first-order chi connectivity index (χ1) is 13.3. The van der Waals surface area contributed by atoms with Crippen LogP contribution in [0, 0.1) is 6.92 Å². The van der Waals surface area contributed by atoms with Crippen LogP contribution >= 0.6 is 0 Å². The van der Waals surface area contributed by atoms with E-state index in [1.165, 1.54) is 10.6 Å². The molecule has 0 aliphatic heterocycles. The van der Waals surface area contributed by atoms with Crippen LogP contribution in [-0.2, 0) is 6.18 Å². The molecule has 28 heavy (non-hydrogen) atoms. The van der Waals surface area contributed by atoms with Crippen molar-refractivity contribution in [2.75, 3.05) is 0 Å². The highest BCUT2D eigenvalue weighted by Gasteiger charge is 2.33. The second kappa shape index (κ2) is 5.63. The van der Waals surface area contributed by atoms with Crippen molar-refractivity contribution in [2.24, 2.45) is 0 Å². The fourth-order valence-corrected chi connectivity index (χ4v) is 3.40. The topological polar surface area (TPSA) is 65.6 Å². The predicted molar refractivity (Wildman–Crippen MR) is 96.4 cm³/mol. The summed E-state index contributed by atoms with van der Waals surface area (Å²) in [7, 11) is 0. The Morgan fingerprint density at radius 2 is 1.93 bits per heavy atom. The Labute approximate surface area is 156 Å². The molecule has 0 atom stereocenters. The Bertz CT molecular complexity index is 1300. The summed E-state index contributed by atoms with van der Waals surface area (Å²) in [6, 6.07) is 5.78. The Hall–Kier alpha value is -3.23. The highest BCUT2D eigenvalue weighted by Crippen LogP contribution is 2.36. The predicted octanol–water partition coefficient (Wildman–Crippen LogP) is 3.79. The molecule has 142 valence electrons. The van der Waals surface area contributed by atoms with Gasteiger partial charge in [-0.25, -0.2) is 4.98 Å². The van der Waals surface area contributed by atoms with Gasteiger partial charge in [0.1, 0.15) is 11.3 Å². The van der Waals surface area contributed by atoms with Crippen LogP contribution in [0.25, 0.3) is 27.6 Å². The number of aryl methyl sites for hydroxylation is 1. The summed E-state index contributed by atoms with van der Waals surface area (Å²) in [4.78, 5) is 21.2. The van der Waals surface area contributed by atoms with E-state index >= 15 is 0 Å². The van der Waals surface area contributed by atoms with Gasteiger partial charge < -0.3 is 0 Å². The maximum absolute atomic E-state index is 13.3. The lowest BCUT2D eigenvalue weighted by Crippen LogP contribution is -2.22. The third-order valence-electron chi connectivity index (χ3n) is 4.95. The molecule has 5 rings (SSSR count). The molecule has 1 fully saturated rings. The minimum atomic E-state index is -4.62. The molecule has 4 heterocycles. The van der Waals surface area contributed by atoms with Crippen molar-refractivity contribution in [3.05, 3.63) is 58.4 Å². The number of rotatable bonds is 2. The summed E-state index contributed by atoms with van der Waals surface area (Å²) in [6.07, 6.45) is 0.607. The van der Waals surface area contributed by atoms with E-state index in [0.717, 1.165) is 18.9 Å². The van der Waals surface area contributed by atoms with E-state index in [4.69, 9.17) is 0 Å². The number of aromatic nitrogens is 5. The van der Waals surface area contributed by atoms with Gasteiger partial charge in [-0.3, -0.25) is 19.0 Å². The SMILES string of the molecule is Cc1ncccc1-n1c(=O)c2nn(C3CC3)cc2c2ccc(C(F)(F)F)nc21. The lowest BCUT2D eigenvalue weighted by atomic mass is 10.1. The second-order valence-electron chi connectivity index (χ2n) is 6.92. The molecule has 1 saturated carbocycles. The molecule has 1 aliphatic carbocycles. The minimum absolute atomic E-state index is 0.0567. The quantitative estimate of drug-likeness (QED) is 0.527. The first kappa shape index (κ1) is 16.9. The van der Waals surface area contributed by atoms with E-state index in [-0.39, 0.29) is 17.2 Å². The first-order valence-corrected chi connectivity index (χ1v) is 8.78. The maximum atomic E-state index is 13.3. The average Bonchev–Trinajstić information content (AvgIpc) is 3.40. The van der Waals surface area contributed by atoms with Crippen LogP contribution in [0.15, 0.2) is 41.5 Å². The van der Waals surface area contributed by atoms with Crippen molar-refractivity contribution < 1.29 is 13.2 Å². The monoisotopic (exact) mass is 385 g/mol. The molecule has 4 aromatic heterocycles. The molecule has 0 bridgehead atoms. The number of alkyl halides is 3. The van der Waals surface area contributed by atoms with Crippen LogP contribution in [0.2, 0.25) is 0 Å². The summed E-state index contributed by atoms with van der Waals surface area (Å²) in [5, 5.41) is 5.37. The molecule has 1 aliphatic rings. The van der Waals surface area contributed by atoms with Gasteiger partial charge in [0.15, 0.2) is 5.52 Å². The van der Waals surface area contributed by atoms with Crippen LogP contribution in [0.1, 0.15) is 30.3 Å². The third kappa shape index (κ3) is 2.49. The standard InChI is InChI=1S/C19H14F3N5O/c1-10-14(3-2-8-23-10)27-17-12(6-7-15(24-17)19(20,21)22)13-9-26(11-4-5-11)25-16(13)18(27)28/h2-3,6-9,11H,4-5H2,1H3. The van der Waals surface area contributed by atoms with Gasteiger partial charge in [0, 0.05) is 23.2 Å². The van der Waals surface area contributed by atoms with Gasteiger partial charge in [-0.2, -0.15) is 18.3 Å². The molecule has 0 aromatic carbocycles. The Morgan fingerprint density at radius 1 is 1.14 bits per heavy atom. The first-order valence-electron chi connectivity index (χ1n) is 8.78. The fourth-order valence-electron chi connectivity index (χ4n) is 3.40. The van der Waals surface area contributed by atoms with Crippen LogP contribution in [0.4, 0.5) is 13.2 Å². The van der Waals surface area contributed by atoms with Gasteiger partial charge in [-0.05, 0) is 44.0 Å². The molecule has 0 unspecified atom stereocenters. The smallest absolute Gasteiger partial charge is 0.268 e. The minimum Gasteiger partial charge on any atom is -0.268 e. The van der Waals surface area contributed by atoms with Crippen LogP contribution in [-0.4, -0.2) is 24.3 Å². The highest BCUT2D eigenvalue weighted by atomic mass is 19.4. The van der Waals surface area contributed by atoms with Crippen LogP contribution < -0.4 is 5.56 Å². The zero-order chi connectivity index (χ0) is 19.6. The molecule has 9 heteroatoms. The van der Waals surface area contributed by atoms with Crippen LogP contribution in [0.3, 0.4) is 0 Å². The number of halogens is 3. The summed E-state index contributed by atoms with van der Waals surface area (Å²) in [5.74, 6) is 0. The van der Waals surface area contributed by atoms with Crippen molar-refractivity contribution in [1.29, 1.82) is 0 Å². The molecule has 0 saturated heterocycles. The highest BCUT2D eigenvalue weighted by molar-refractivity contribution is 6.03. The number of pyridine rings is 3. The van der Waals surface area contributed by atoms with E-state index in [1.807, 2.05) is 0 Å². The number of fused-ring (bicyclic) bond motifs is 3. The Balaban J connectivity index is 1.95. The van der Waals surface area contributed by atoms with Crippen molar-refractivity contribution in [3.63, 3.8) is 0 Å². The molecule has 0 spiro atoms. The lowest BCUT2D eigenvalue weighted by Gasteiger charge is -2.13. The Kier molecular flexibility index (Phi) is 3.40. The second-order valence-corrected chi connectivity index (χ2v) is 6.92. The molecule has 0 radical (unpaired) electrons. The summed E-state index contributed by atoms with van der Waals surface area (Å²) in [6.45, 7) is 1.69. The number of nitrogens with zero attached hydrogens (tertiary/aromatic N) is 5. The van der Waals surface area contributed by atoms with E-state index < -0.39 is 17.4 Å². The fraction of sp³-hybridized carbons (Fsp3) is 0.263. The third-order valence-corrected chi connectivity index (χ3v) is 4.95. The maximum Gasteiger partial charge on any atom is 0.433 e. The van der Waals surface area contributed by atoms with Crippen molar-refractivity contribution in [1.82, 2.24) is 24.3 Å². The van der Waals surface area contributed by atoms with Gasteiger partial charge >= 0.3 is 6.18 Å². The number of hydrogen-bond acceptors (Lipinski definition) is 4. The van der Waals surface area contributed by atoms with Gasteiger partial charge in [0.2, 0.25) is 0 Å². The van der Waals surface area contributed by atoms with Crippen LogP contribution in [0.5, 0.6) is 0 Å². The van der Waals surface area contributed by atoms with E-state index in [9.17, 15) is 18.0 Å². The largest absolute Gasteiger partial charge is 0.433 e. The van der Waals surface area contributed by atoms with Gasteiger partial charge in [0.05, 0.1) is 17.4 Å². The zero-order valence-corrected chi connectivity index (χ0v) is 14.7. The normalized spacial score (nSPS) is 14.9. The van der Waals surface area contributed by atoms with Crippen molar-refractivity contribution >= 4 is 21.9 Å². The molecule has 0 amide bonds. The molecule has 4 aromatic rings. The van der Waals surface area contributed by atoms with Gasteiger partial charge in [-0.15, -0.1) is 0 Å². The molecular formula is C19H14F3N5O. The Morgan fingerprint density at radius 3 is 2.61 bits per heavy atom. The average molecular weight is 385 g/mol. The lowest BCUT2D eigenvalue weighted by molar-refractivity contribution is -0.141. The molecule has 0 N–H and O–H groups in total. The summed E-state index contributed by atoms with van der Waals surface area (Å²) in [5.41, 5.74) is -0.519. The van der Waals surface area contributed by atoms with Gasteiger partial charge in [-0.1, -0.05) is 0 Å². The zero-order valence-electron chi connectivity index (χ0n) is 14.7. The summed E-state index contributed by atoms with van der Waals surface area (Å²) >= 11 is 0. The molecular weight excluding hydrogens is 371 g/mol.